The van der Waals surface area contributed by atoms with E-state index in [1.165, 1.54) is 5.56 Å². The minimum absolute atomic E-state index is 0.0262. The van der Waals surface area contributed by atoms with Crippen molar-refractivity contribution in [2.24, 2.45) is 5.92 Å². The predicted octanol–water partition coefficient (Wildman–Crippen LogP) is 4.74. The number of piperazine rings is 1. The Morgan fingerprint density at radius 3 is 2.19 bits per heavy atom. The smallest absolute Gasteiger partial charge is 0.243 e. The van der Waals surface area contributed by atoms with E-state index < -0.39 is 10.0 Å². The van der Waals surface area contributed by atoms with Crippen LogP contribution in [0.1, 0.15) is 35.6 Å². The molecule has 0 unspecified atom stereocenters. The molecule has 1 aliphatic carbocycles. The van der Waals surface area contributed by atoms with E-state index in [0.717, 1.165) is 29.7 Å². The van der Waals surface area contributed by atoms with E-state index in [1.54, 1.807) is 16.4 Å². The van der Waals surface area contributed by atoms with Gasteiger partial charge in [-0.3, -0.25) is 9.69 Å². The molecular formula is C29H30ClN3O3S. The summed E-state index contributed by atoms with van der Waals surface area (Å²) in [5.41, 5.74) is 4.12. The Morgan fingerprint density at radius 1 is 0.838 bits per heavy atom. The lowest BCUT2D eigenvalue weighted by molar-refractivity contribution is -0.119. The Kier molecular flexibility index (Phi) is 6.57. The van der Waals surface area contributed by atoms with Gasteiger partial charge in [0.2, 0.25) is 15.9 Å². The van der Waals surface area contributed by atoms with Gasteiger partial charge in [-0.2, -0.15) is 4.31 Å². The quantitative estimate of drug-likeness (QED) is 0.457. The van der Waals surface area contributed by atoms with Gasteiger partial charge in [0, 0.05) is 49.4 Å². The number of fused-ring (bicyclic) bond motifs is 1. The number of amides is 1. The van der Waals surface area contributed by atoms with Crippen LogP contribution in [-0.2, 0) is 21.2 Å². The maximum Gasteiger partial charge on any atom is 0.243 e. The fourth-order valence-corrected chi connectivity index (χ4v) is 7.16. The molecule has 1 amide bonds. The molecule has 3 aromatic carbocycles. The molecule has 6 rings (SSSR count). The summed E-state index contributed by atoms with van der Waals surface area (Å²) in [5.74, 6) is 0.331. The van der Waals surface area contributed by atoms with Crippen LogP contribution >= 0.6 is 11.6 Å². The maximum atomic E-state index is 13.6. The molecule has 2 fully saturated rings. The lowest BCUT2D eigenvalue weighted by Crippen LogP contribution is -2.49. The molecule has 0 spiro atoms. The van der Waals surface area contributed by atoms with Gasteiger partial charge in [0.05, 0.1) is 10.9 Å². The zero-order chi connectivity index (χ0) is 25.6. The summed E-state index contributed by atoms with van der Waals surface area (Å²) in [5, 5.41) is 0.695. The molecule has 37 heavy (non-hydrogen) atoms. The lowest BCUT2D eigenvalue weighted by atomic mass is 9.96. The largest absolute Gasteiger partial charge is 0.312 e. The highest BCUT2D eigenvalue weighted by Crippen LogP contribution is 2.38. The molecule has 0 bridgehead atoms. The first-order valence-corrected chi connectivity index (χ1v) is 14.7. The Hall–Kier alpha value is -2.71. The highest BCUT2D eigenvalue weighted by atomic mass is 35.5. The summed E-state index contributed by atoms with van der Waals surface area (Å²) in [6, 6.07) is 23.5. The van der Waals surface area contributed by atoms with Crippen molar-refractivity contribution in [3.63, 3.8) is 0 Å². The van der Waals surface area contributed by atoms with Crippen molar-refractivity contribution in [1.29, 1.82) is 0 Å². The zero-order valence-electron chi connectivity index (χ0n) is 20.6. The molecule has 3 aromatic rings. The third-order valence-electron chi connectivity index (χ3n) is 7.72. The topological polar surface area (TPSA) is 60.9 Å². The van der Waals surface area contributed by atoms with Gasteiger partial charge in [0.1, 0.15) is 0 Å². The van der Waals surface area contributed by atoms with Crippen molar-refractivity contribution in [3.05, 3.63) is 94.5 Å². The average molecular weight is 536 g/mol. The van der Waals surface area contributed by atoms with Crippen LogP contribution in [0.25, 0.3) is 0 Å². The Bertz CT molecular complexity index is 1400. The normalized spacial score (nSPS) is 19.5. The second kappa shape index (κ2) is 9.87. The molecular weight excluding hydrogens is 506 g/mol. The van der Waals surface area contributed by atoms with E-state index in [4.69, 9.17) is 11.6 Å². The van der Waals surface area contributed by atoms with Crippen LogP contribution in [0.5, 0.6) is 0 Å². The average Bonchev–Trinajstić information content (AvgIpc) is 3.69. The van der Waals surface area contributed by atoms with E-state index in [0.29, 0.717) is 49.1 Å². The number of anilines is 1. The number of rotatable bonds is 6. The summed E-state index contributed by atoms with van der Waals surface area (Å²) >= 11 is 6.14. The van der Waals surface area contributed by atoms with Crippen molar-refractivity contribution >= 4 is 33.2 Å². The van der Waals surface area contributed by atoms with E-state index in [9.17, 15) is 13.2 Å². The number of carbonyl (C=O) groups is 1. The van der Waals surface area contributed by atoms with Gasteiger partial charge >= 0.3 is 0 Å². The van der Waals surface area contributed by atoms with Crippen molar-refractivity contribution < 1.29 is 13.2 Å². The van der Waals surface area contributed by atoms with Gasteiger partial charge in [0.25, 0.3) is 0 Å². The number of carbonyl (C=O) groups excluding carboxylic acids is 1. The van der Waals surface area contributed by atoms with Crippen LogP contribution in [-0.4, -0.2) is 56.3 Å². The van der Waals surface area contributed by atoms with Crippen LogP contribution in [0.4, 0.5) is 5.69 Å². The van der Waals surface area contributed by atoms with Crippen molar-refractivity contribution in [3.8, 4) is 0 Å². The number of nitrogens with zero attached hydrogens (tertiary/aromatic N) is 3. The molecule has 2 aliphatic heterocycles. The lowest BCUT2D eigenvalue weighted by Gasteiger charge is -2.39. The van der Waals surface area contributed by atoms with Gasteiger partial charge in [-0.05, 0) is 66.3 Å². The highest BCUT2D eigenvalue weighted by molar-refractivity contribution is 7.89. The van der Waals surface area contributed by atoms with E-state index in [1.807, 2.05) is 53.4 Å². The molecule has 2 heterocycles. The molecule has 8 heteroatoms. The third-order valence-corrected chi connectivity index (χ3v) is 9.86. The first-order chi connectivity index (χ1) is 17.9. The highest BCUT2D eigenvalue weighted by Gasteiger charge is 2.37. The third kappa shape index (κ3) is 4.81. The maximum absolute atomic E-state index is 13.6. The Labute approximate surface area is 223 Å². The van der Waals surface area contributed by atoms with Gasteiger partial charge in [-0.1, -0.05) is 54.1 Å². The minimum Gasteiger partial charge on any atom is -0.312 e. The van der Waals surface area contributed by atoms with Crippen LogP contribution in [0, 0.1) is 5.92 Å². The molecule has 0 N–H and O–H groups in total. The molecule has 0 radical (unpaired) electrons. The van der Waals surface area contributed by atoms with Crippen molar-refractivity contribution in [2.75, 3.05) is 37.6 Å². The molecule has 3 aliphatic rings. The minimum atomic E-state index is -3.62. The number of sulfonamides is 1. The van der Waals surface area contributed by atoms with Gasteiger partial charge in [-0.25, -0.2) is 8.42 Å². The van der Waals surface area contributed by atoms with E-state index in [2.05, 4.69) is 17.0 Å². The second-order valence-corrected chi connectivity index (χ2v) is 12.5. The summed E-state index contributed by atoms with van der Waals surface area (Å²) in [6.07, 6.45) is 2.63. The van der Waals surface area contributed by atoms with Gasteiger partial charge in [0.15, 0.2) is 0 Å². The first kappa shape index (κ1) is 24.6. The first-order valence-electron chi connectivity index (χ1n) is 12.9. The summed E-state index contributed by atoms with van der Waals surface area (Å²) in [6.45, 7) is 2.72. The number of hydrogen-bond acceptors (Lipinski definition) is 4. The van der Waals surface area contributed by atoms with Gasteiger partial charge in [-0.15, -0.1) is 0 Å². The van der Waals surface area contributed by atoms with Crippen LogP contribution in [0.15, 0.2) is 77.7 Å². The Morgan fingerprint density at radius 2 is 1.51 bits per heavy atom. The number of hydrogen-bond donors (Lipinski definition) is 0. The summed E-state index contributed by atoms with van der Waals surface area (Å²) in [4.78, 5) is 17.1. The van der Waals surface area contributed by atoms with Crippen LogP contribution < -0.4 is 4.90 Å². The molecule has 1 saturated heterocycles. The van der Waals surface area contributed by atoms with Crippen molar-refractivity contribution in [1.82, 2.24) is 9.21 Å². The fourth-order valence-electron chi connectivity index (χ4n) is 5.56. The van der Waals surface area contributed by atoms with Crippen molar-refractivity contribution in [2.45, 2.75) is 30.2 Å². The monoisotopic (exact) mass is 535 g/mol. The molecule has 6 nitrogen and oxygen atoms in total. The molecule has 192 valence electrons. The van der Waals surface area contributed by atoms with E-state index in [-0.39, 0.29) is 17.9 Å². The zero-order valence-corrected chi connectivity index (χ0v) is 22.2. The van der Waals surface area contributed by atoms with Crippen LogP contribution in [0.3, 0.4) is 0 Å². The number of benzene rings is 3. The predicted molar refractivity (Wildman–Crippen MR) is 145 cm³/mol. The standard InChI is InChI=1S/C29H30ClN3O3S/c30-25-10-8-22(9-11-25)28(21-4-2-1-3-5-21)31-16-18-32(19-17-31)37(35,36)26-12-13-27-24(20-26)14-15-33(27)29(34)23-6-7-23/h1-5,8-13,20,23,28H,6-7,14-19H2/t28-/m0/s1. The molecule has 0 aromatic heterocycles. The van der Waals surface area contributed by atoms with Crippen LogP contribution in [0.2, 0.25) is 5.02 Å². The SMILES string of the molecule is O=C(C1CC1)N1CCc2cc(S(=O)(=O)N3CCN([C@@H](c4ccccc4)c4ccc(Cl)cc4)CC3)ccc21. The molecule has 1 atom stereocenters. The summed E-state index contributed by atoms with van der Waals surface area (Å²) < 4.78 is 28.8. The fraction of sp³-hybridized carbons (Fsp3) is 0.345. The number of halogens is 1. The molecule has 1 saturated carbocycles. The summed E-state index contributed by atoms with van der Waals surface area (Å²) in [7, 11) is -3.62. The Balaban J connectivity index is 1.19. The second-order valence-electron chi connectivity index (χ2n) is 10.1. The van der Waals surface area contributed by atoms with Gasteiger partial charge < -0.3 is 4.90 Å². The van der Waals surface area contributed by atoms with E-state index >= 15 is 0 Å².